The van der Waals surface area contributed by atoms with Gasteiger partial charge in [-0.2, -0.15) is 0 Å². The number of aromatic nitrogens is 6. The normalized spacial score (nSPS) is 10.9. The standard InChI is InChI=1S/C26H16N6S2/c1-3-13-27-17(7-1)18-9-5-10-19(29-18)20-11-6-12-22(30-20)26-32-24(16-34-26)23-15-33-25(31-23)21-8-2-4-14-28-21/h1-16H. The van der Waals surface area contributed by atoms with Crippen LogP contribution in [0, 0.1) is 0 Å². The van der Waals surface area contributed by atoms with E-state index in [9.17, 15) is 0 Å². The van der Waals surface area contributed by atoms with Gasteiger partial charge in [0.2, 0.25) is 0 Å². The Balaban J connectivity index is 1.29. The van der Waals surface area contributed by atoms with Crippen molar-refractivity contribution in [1.82, 2.24) is 29.9 Å². The van der Waals surface area contributed by atoms with E-state index in [0.717, 1.165) is 55.6 Å². The Labute approximate surface area is 203 Å². The summed E-state index contributed by atoms with van der Waals surface area (Å²) in [6, 6.07) is 23.4. The fraction of sp³-hybridized carbons (Fsp3) is 0. The summed E-state index contributed by atoms with van der Waals surface area (Å²) in [5.74, 6) is 0. The summed E-state index contributed by atoms with van der Waals surface area (Å²) in [7, 11) is 0. The van der Waals surface area contributed by atoms with Gasteiger partial charge in [-0.3, -0.25) is 9.97 Å². The molecule has 0 amide bonds. The molecule has 6 aromatic rings. The highest BCUT2D eigenvalue weighted by Crippen LogP contribution is 2.32. The highest BCUT2D eigenvalue weighted by Gasteiger charge is 2.13. The molecule has 0 radical (unpaired) electrons. The van der Waals surface area contributed by atoms with Crippen molar-refractivity contribution in [2.24, 2.45) is 0 Å². The second kappa shape index (κ2) is 9.01. The lowest BCUT2D eigenvalue weighted by Gasteiger charge is -2.05. The van der Waals surface area contributed by atoms with Gasteiger partial charge in [0.05, 0.1) is 34.2 Å². The minimum atomic E-state index is 0.790. The van der Waals surface area contributed by atoms with Crippen LogP contribution in [-0.2, 0) is 0 Å². The topological polar surface area (TPSA) is 77.3 Å². The molecule has 0 spiro atoms. The third-order valence-corrected chi connectivity index (χ3v) is 6.79. The van der Waals surface area contributed by atoms with E-state index in [-0.39, 0.29) is 0 Å². The predicted octanol–water partition coefficient (Wildman–Crippen LogP) is 6.51. The summed E-state index contributed by atoms with van der Waals surface area (Å²) in [6.45, 7) is 0. The summed E-state index contributed by atoms with van der Waals surface area (Å²) in [5, 5.41) is 5.75. The van der Waals surface area contributed by atoms with E-state index in [1.807, 2.05) is 83.6 Å². The molecule has 34 heavy (non-hydrogen) atoms. The Morgan fingerprint density at radius 1 is 0.382 bits per heavy atom. The first-order chi connectivity index (χ1) is 16.8. The second-order valence-electron chi connectivity index (χ2n) is 7.32. The molecule has 6 nitrogen and oxygen atoms in total. The van der Waals surface area contributed by atoms with Crippen LogP contribution < -0.4 is 0 Å². The minimum Gasteiger partial charge on any atom is -0.255 e. The van der Waals surface area contributed by atoms with Gasteiger partial charge in [0, 0.05) is 23.2 Å². The van der Waals surface area contributed by atoms with Gasteiger partial charge in [0.25, 0.3) is 0 Å². The summed E-state index contributed by atoms with van der Waals surface area (Å²) in [6.07, 6.45) is 3.54. The highest BCUT2D eigenvalue weighted by molar-refractivity contribution is 7.14. The van der Waals surface area contributed by atoms with Crippen LogP contribution in [0.15, 0.2) is 96.0 Å². The highest BCUT2D eigenvalue weighted by atomic mass is 32.1. The largest absolute Gasteiger partial charge is 0.255 e. The Morgan fingerprint density at radius 2 is 0.853 bits per heavy atom. The van der Waals surface area contributed by atoms with Gasteiger partial charge in [-0.25, -0.2) is 19.9 Å². The summed E-state index contributed by atoms with van der Waals surface area (Å²) in [4.78, 5) is 27.9. The van der Waals surface area contributed by atoms with E-state index in [4.69, 9.17) is 19.9 Å². The zero-order valence-corrected chi connectivity index (χ0v) is 19.4. The van der Waals surface area contributed by atoms with Gasteiger partial charge in [0.15, 0.2) is 0 Å². The average Bonchev–Trinajstić information content (AvgIpc) is 3.60. The number of nitrogens with zero attached hydrogens (tertiary/aromatic N) is 6. The van der Waals surface area contributed by atoms with E-state index in [1.54, 1.807) is 35.1 Å². The molecule has 0 saturated carbocycles. The van der Waals surface area contributed by atoms with Crippen molar-refractivity contribution in [1.29, 1.82) is 0 Å². The molecule has 0 aliphatic carbocycles. The molecule has 0 N–H and O–H groups in total. The molecule has 0 aliphatic heterocycles. The maximum Gasteiger partial charge on any atom is 0.142 e. The van der Waals surface area contributed by atoms with Gasteiger partial charge in [-0.05, 0) is 48.5 Å². The lowest BCUT2D eigenvalue weighted by molar-refractivity contribution is 1.21. The molecule has 6 aromatic heterocycles. The molecule has 0 bridgehead atoms. The van der Waals surface area contributed by atoms with Crippen LogP contribution in [0.2, 0.25) is 0 Å². The lowest BCUT2D eigenvalue weighted by Crippen LogP contribution is -1.93. The number of hydrogen-bond acceptors (Lipinski definition) is 8. The van der Waals surface area contributed by atoms with E-state index >= 15 is 0 Å². The van der Waals surface area contributed by atoms with Crippen molar-refractivity contribution in [3.8, 4) is 55.6 Å². The zero-order chi connectivity index (χ0) is 22.7. The van der Waals surface area contributed by atoms with Crippen molar-refractivity contribution in [3.05, 3.63) is 96.0 Å². The van der Waals surface area contributed by atoms with E-state index in [1.165, 1.54) is 0 Å². The third kappa shape index (κ3) is 4.12. The Hall–Kier alpha value is -4.14. The van der Waals surface area contributed by atoms with Crippen LogP contribution in [0.5, 0.6) is 0 Å². The summed E-state index contributed by atoms with van der Waals surface area (Å²) >= 11 is 3.12. The van der Waals surface area contributed by atoms with Crippen molar-refractivity contribution < 1.29 is 0 Å². The molecule has 8 heteroatoms. The first-order valence-corrected chi connectivity index (χ1v) is 12.3. The van der Waals surface area contributed by atoms with Gasteiger partial charge < -0.3 is 0 Å². The molecule has 0 saturated heterocycles. The monoisotopic (exact) mass is 476 g/mol. The molecule has 6 heterocycles. The van der Waals surface area contributed by atoms with Crippen LogP contribution in [0.25, 0.3) is 55.6 Å². The number of hydrogen-bond donors (Lipinski definition) is 0. The Kier molecular flexibility index (Phi) is 5.42. The fourth-order valence-electron chi connectivity index (χ4n) is 3.44. The van der Waals surface area contributed by atoms with Crippen LogP contribution in [-0.4, -0.2) is 29.9 Å². The van der Waals surface area contributed by atoms with Gasteiger partial charge in [-0.1, -0.05) is 24.3 Å². The second-order valence-corrected chi connectivity index (χ2v) is 9.04. The van der Waals surface area contributed by atoms with Gasteiger partial charge in [-0.15, -0.1) is 22.7 Å². The maximum absolute atomic E-state index is 4.85. The molecule has 0 unspecified atom stereocenters. The quantitative estimate of drug-likeness (QED) is 0.282. The third-order valence-electron chi connectivity index (χ3n) is 5.06. The number of pyridine rings is 4. The first-order valence-electron chi connectivity index (χ1n) is 10.5. The molecule has 0 aromatic carbocycles. The number of thiazole rings is 2. The van der Waals surface area contributed by atoms with Crippen LogP contribution in [0.3, 0.4) is 0 Å². The van der Waals surface area contributed by atoms with E-state index < -0.39 is 0 Å². The predicted molar refractivity (Wildman–Crippen MR) is 136 cm³/mol. The zero-order valence-electron chi connectivity index (χ0n) is 17.7. The van der Waals surface area contributed by atoms with Crippen LogP contribution in [0.4, 0.5) is 0 Å². The molecule has 0 fully saturated rings. The van der Waals surface area contributed by atoms with Crippen molar-refractivity contribution in [3.63, 3.8) is 0 Å². The smallest absolute Gasteiger partial charge is 0.142 e. The van der Waals surface area contributed by atoms with Gasteiger partial charge >= 0.3 is 0 Å². The molecule has 162 valence electrons. The SMILES string of the molecule is c1ccc(-c2cccc(-c3cccc(-c4nc(-c5csc(-c6ccccn6)n5)cs4)n3)n2)nc1. The van der Waals surface area contributed by atoms with Gasteiger partial charge in [0.1, 0.15) is 21.4 Å². The van der Waals surface area contributed by atoms with Crippen LogP contribution >= 0.6 is 22.7 Å². The van der Waals surface area contributed by atoms with Crippen LogP contribution in [0.1, 0.15) is 0 Å². The maximum atomic E-state index is 4.85. The lowest BCUT2D eigenvalue weighted by atomic mass is 10.2. The van der Waals surface area contributed by atoms with Crippen molar-refractivity contribution in [2.45, 2.75) is 0 Å². The van der Waals surface area contributed by atoms with Crippen molar-refractivity contribution >= 4 is 22.7 Å². The Bertz CT molecular complexity index is 1560. The Morgan fingerprint density at radius 3 is 1.44 bits per heavy atom. The van der Waals surface area contributed by atoms with Crippen molar-refractivity contribution in [2.75, 3.05) is 0 Å². The fourth-order valence-corrected chi connectivity index (χ4v) is 5.01. The first kappa shape index (κ1) is 20.5. The van der Waals surface area contributed by atoms with E-state index in [2.05, 4.69) is 9.97 Å². The average molecular weight is 477 g/mol. The number of rotatable bonds is 5. The minimum absolute atomic E-state index is 0.790. The molecule has 0 atom stereocenters. The molecular formula is C26H16N6S2. The molecular weight excluding hydrogens is 460 g/mol. The molecule has 6 rings (SSSR count). The summed E-state index contributed by atoms with van der Waals surface area (Å²) in [5.41, 5.74) is 6.57. The molecule has 0 aliphatic rings. The summed E-state index contributed by atoms with van der Waals surface area (Å²) < 4.78 is 0. The van der Waals surface area contributed by atoms with E-state index in [0.29, 0.717) is 0 Å².